The van der Waals surface area contributed by atoms with E-state index in [0.29, 0.717) is 0 Å². The lowest BCUT2D eigenvalue weighted by atomic mass is 10.9. The van der Waals surface area contributed by atoms with Gasteiger partial charge in [-0.15, -0.1) is 0 Å². The van der Waals surface area contributed by atoms with E-state index in [0.717, 1.165) is 24.7 Å². The highest BCUT2D eigenvalue weighted by atomic mass is 32.2. The van der Waals surface area contributed by atoms with Crippen molar-refractivity contribution in [1.82, 2.24) is 0 Å². The van der Waals surface area contributed by atoms with Gasteiger partial charge in [0, 0.05) is 11.5 Å². The normalized spacial score (nSPS) is 13.8. The van der Waals surface area contributed by atoms with Crippen molar-refractivity contribution in [2.24, 2.45) is 0 Å². The fraction of sp³-hybridized carbons (Fsp3) is 1.00. The second kappa shape index (κ2) is 9.23. The number of thioether (sulfide) groups is 1. The number of epoxide rings is 1. The zero-order valence-corrected chi connectivity index (χ0v) is 6.77. The summed E-state index contributed by atoms with van der Waals surface area (Å²) in [5.74, 6) is 1.47. The van der Waals surface area contributed by atoms with Gasteiger partial charge in [-0.3, -0.25) is 0 Å². The molecule has 1 fully saturated rings. The van der Waals surface area contributed by atoms with Gasteiger partial charge in [0.25, 0.3) is 0 Å². The highest BCUT2D eigenvalue weighted by Gasteiger charge is 1.94. The Morgan fingerprint density at radius 3 is 1.70 bits per heavy atom. The van der Waals surface area contributed by atoms with Crippen LogP contribution in [0.4, 0.5) is 0 Å². The third kappa shape index (κ3) is 15.7. The average Bonchev–Trinajstić information content (AvgIpc) is 2.73. The van der Waals surface area contributed by atoms with Gasteiger partial charge in [-0.25, -0.2) is 0 Å². The van der Waals surface area contributed by atoms with E-state index in [9.17, 15) is 0 Å². The van der Waals surface area contributed by atoms with Crippen LogP contribution < -0.4 is 0 Å². The summed E-state index contributed by atoms with van der Waals surface area (Å²) in [4.78, 5) is 0. The molecule has 10 heavy (non-hydrogen) atoms. The maximum absolute atomic E-state index is 8.19. The minimum Gasteiger partial charge on any atom is -0.396 e. The number of ether oxygens (including phenoxy) is 1. The molecule has 3 nitrogen and oxygen atoms in total. The van der Waals surface area contributed by atoms with Crippen LogP contribution in [-0.2, 0) is 4.74 Å². The molecule has 0 bridgehead atoms. The molecule has 0 aromatic rings. The monoisotopic (exact) mass is 166 g/mol. The molecule has 0 spiro atoms. The first kappa shape index (κ1) is 10.2. The lowest BCUT2D eigenvalue weighted by molar-refractivity contribution is 0.318. The standard InChI is InChI=1S/C4H10O2S.C2H4O/c5-1-3-7-4-2-6;1-2-3-1/h5-6H,1-4H2;1-2H2. The Balaban J connectivity index is 0.000000219. The number of hydrogen-bond donors (Lipinski definition) is 2. The maximum Gasteiger partial charge on any atom is 0.0701 e. The SMILES string of the molecule is C1CO1.OCCSCCO. The fourth-order valence-electron chi connectivity index (χ4n) is 0.231. The van der Waals surface area contributed by atoms with Gasteiger partial charge in [0.2, 0.25) is 0 Å². The van der Waals surface area contributed by atoms with Crippen molar-refractivity contribution < 1.29 is 14.9 Å². The van der Waals surface area contributed by atoms with Crippen molar-refractivity contribution >= 4 is 11.8 Å². The van der Waals surface area contributed by atoms with Crippen LogP contribution in [0.3, 0.4) is 0 Å². The number of aliphatic hydroxyl groups is 2. The zero-order chi connectivity index (χ0) is 7.66. The van der Waals surface area contributed by atoms with E-state index in [2.05, 4.69) is 4.74 Å². The van der Waals surface area contributed by atoms with E-state index in [1.807, 2.05) is 0 Å². The van der Waals surface area contributed by atoms with E-state index >= 15 is 0 Å². The summed E-state index contributed by atoms with van der Waals surface area (Å²) in [7, 11) is 0. The molecular formula is C6H14O3S. The number of aliphatic hydroxyl groups excluding tert-OH is 2. The Bertz CT molecular complexity index is 52.2. The topological polar surface area (TPSA) is 53.0 Å². The van der Waals surface area contributed by atoms with Crippen molar-refractivity contribution in [2.45, 2.75) is 0 Å². The molecule has 1 aliphatic rings. The van der Waals surface area contributed by atoms with E-state index in [-0.39, 0.29) is 13.2 Å². The van der Waals surface area contributed by atoms with Crippen LogP contribution >= 0.6 is 11.8 Å². The largest absolute Gasteiger partial charge is 0.396 e. The van der Waals surface area contributed by atoms with Gasteiger partial charge in [-0.1, -0.05) is 0 Å². The molecule has 1 heterocycles. The highest BCUT2D eigenvalue weighted by Crippen LogP contribution is 1.94. The molecule has 0 saturated carbocycles. The van der Waals surface area contributed by atoms with Crippen LogP contribution in [0.15, 0.2) is 0 Å². The molecule has 0 radical (unpaired) electrons. The van der Waals surface area contributed by atoms with Crippen LogP contribution in [0, 0.1) is 0 Å². The fourth-order valence-corrected chi connectivity index (χ4v) is 0.693. The third-order valence-electron chi connectivity index (χ3n) is 0.675. The second-order valence-corrected chi connectivity index (χ2v) is 2.90. The quantitative estimate of drug-likeness (QED) is 0.445. The predicted molar refractivity (Wildman–Crippen MR) is 42.3 cm³/mol. The van der Waals surface area contributed by atoms with Gasteiger partial charge in [0.15, 0.2) is 0 Å². The van der Waals surface area contributed by atoms with Crippen LogP contribution in [0.1, 0.15) is 0 Å². The lowest BCUT2D eigenvalue weighted by Crippen LogP contribution is -1.91. The summed E-state index contributed by atoms with van der Waals surface area (Å²) in [6.45, 7) is 2.43. The summed E-state index contributed by atoms with van der Waals surface area (Å²) < 4.78 is 4.50. The Kier molecular flexibility index (Phi) is 9.44. The van der Waals surface area contributed by atoms with Gasteiger partial charge >= 0.3 is 0 Å². The van der Waals surface area contributed by atoms with Gasteiger partial charge in [0.1, 0.15) is 0 Å². The minimum atomic E-state index is 0.213. The average molecular weight is 166 g/mol. The van der Waals surface area contributed by atoms with Crippen molar-refractivity contribution in [1.29, 1.82) is 0 Å². The van der Waals surface area contributed by atoms with Gasteiger partial charge in [0.05, 0.1) is 26.4 Å². The van der Waals surface area contributed by atoms with Crippen molar-refractivity contribution in [3.8, 4) is 0 Å². The third-order valence-corrected chi connectivity index (χ3v) is 1.62. The summed E-state index contributed by atoms with van der Waals surface area (Å²) in [5.41, 5.74) is 0. The Labute approximate surface area is 65.4 Å². The zero-order valence-electron chi connectivity index (χ0n) is 5.95. The lowest BCUT2D eigenvalue weighted by Gasteiger charge is -1.90. The highest BCUT2D eigenvalue weighted by molar-refractivity contribution is 7.99. The van der Waals surface area contributed by atoms with Crippen molar-refractivity contribution in [2.75, 3.05) is 37.9 Å². The van der Waals surface area contributed by atoms with Crippen molar-refractivity contribution in [3.05, 3.63) is 0 Å². The molecule has 1 rings (SSSR count). The molecule has 0 aliphatic carbocycles. The van der Waals surface area contributed by atoms with Crippen molar-refractivity contribution in [3.63, 3.8) is 0 Å². The molecule has 0 aromatic carbocycles. The molecular weight excluding hydrogens is 152 g/mol. The molecule has 1 saturated heterocycles. The maximum atomic E-state index is 8.19. The first-order valence-electron chi connectivity index (χ1n) is 3.29. The molecule has 0 amide bonds. The summed E-state index contributed by atoms with van der Waals surface area (Å²) in [5, 5.41) is 16.4. The molecule has 4 heteroatoms. The van der Waals surface area contributed by atoms with Crippen LogP contribution in [0.2, 0.25) is 0 Å². The molecule has 2 N–H and O–H groups in total. The summed E-state index contributed by atoms with van der Waals surface area (Å²) in [6.07, 6.45) is 0. The van der Waals surface area contributed by atoms with Gasteiger partial charge < -0.3 is 14.9 Å². The molecule has 62 valence electrons. The number of hydrogen-bond acceptors (Lipinski definition) is 4. The van der Waals surface area contributed by atoms with E-state index in [1.54, 1.807) is 11.8 Å². The molecule has 1 aliphatic heterocycles. The summed E-state index contributed by atoms with van der Waals surface area (Å²) >= 11 is 1.55. The van der Waals surface area contributed by atoms with Gasteiger partial charge in [-0.2, -0.15) is 11.8 Å². The van der Waals surface area contributed by atoms with Crippen LogP contribution in [0.25, 0.3) is 0 Å². The van der Waals surface area contributed by atoms with Crippen LogP contribution in [0.5, 0.6) is 0 Å². The smallest absolute Gasteiger partial charge is 0.0701 e. The minimum absolute atomic E-state index is 0.213. The Hall–Kier alpha value is 0.230. The van der Waals surface area contributed by atoms with E-state index in [4.69, 9.17) is 10.2 Å². The second-order valence-electron chi connectivity index (χ2n) is 1.67. The molecule has 0 atom stereocenters. The Morgan fingerprint density at radius 2 is 1.50 bits per heavy atom. The summed E-state index contributed by atoms with van der Waals surface area (Å²) in [6, 6.07) is 0. The van der Waals surface area contributed by atoms with Gasteiger partial charge in [-0.05, 0) is 0 Å². The first-order valence-corrected chi connectivity index (χ1v) is 4.44. The Morgan fingerprint density at radius 1 is 1.10 bits per heavy atom. The van der Waals surface area contributed by atoms with E-state index < -0.39 is 0 Å². The first-order chi connectivity index (χ1) is 4.91. The van der Waals surface area contributed by atoms with Crippen LogP contribution in [-0.4, -0.2) is 48.1 Å². The van der Waals surface area contributed by atoms with E-state index in [1.165, 1.54) is 0 Å². The number of rotatable bonds is 4. The molecule has 0 unspecified atom stereocenters. The molecule has 0 aromatic heterocycles. The predicted octanol–water partition coefficient (Wildman–Crippen LogP) is -0.279.